The maximum absolute atomic E-state index is 13.3. The Kier molecular flexibility index (Phi) is 4.59. The van der Waals surface area contributed by atoms with Gasteiger partial charge in [0.05, 0.1) is 23.8 Å². The Morgan fingerprint density at radius 1 is 0.968 bits per heavy atom. The van der Waals surface area contributed by atoms with Crippen molar-refractivity contribution in [2.75, 3.05) is 12.0 Å². The number of aromatic amines is 1. The molecule has 1 aliphatic rings. The van der Waals surface area contributed by atoms with Crippen LogP contribution in [0, 0.1) is 0 Å². The molecule has 31 heavy (non-hydrogen) atoms. The summed E-state index contributed by atoms with van der Waals surface area (Å²) in [7, 11) is 1.62. The number of H-pyrrole nitrogens is 1. The molecule has 0 atom stereocenters. The summed E-state index contributed by atoms with van der Waals surface area (Å²) in [5, 5.41) is 0. The van der Waals surface area contributed by atoms with Crippen LogP contribution in [-0.2, 0) is 4.79 Å². The minimum absolute atomic E-state index is 0.170. The van der Waals surface area contributed by atoms with Gasteiger partial charge in [0.1, 0.15) is 23.1 Å². The van der Waals surface area contributed by atoms with Crippen LogP contribution in [0.15, 0.2) is 83.5 Å². The van der Waals surface area contributed by atoms with Crippen molar-refractivity contribution in [3.05, 3.63) is 84.1 Å². The monoisotopic (exact) mass is 408 g/mol. The molecule has 1 aromatic heterocycles. The molecule has 0 aliphatic carbocycles. The van der Waals surface area contributed by atoms with Crippen LogP contribution in [0.3, 0.4) is 0 Å². The van der Waals surface area contributed by atoms with Crippen LogP contribution < -0.4 is 9.64 Å². The summed E-state index contributed by atoms with van der Waals surface area (Å²) < 4.78 is 5.20. The van der Waals surface area contributed by atoms with E-state index in [9.17, 15) is 4.79 Å². The molecule has 0 unspecified atom stereocenters. The number of rotatable bonds is 4. The molecule has 0 fully saturated rings. The Bertz CT molecular complexity index is 1320. The molecule has 0 saturated carbocycles. The van der Waals surface area contributed by atoms with Gasteiger partial charge in [-0.25, -0.2) is 9.98 Å². The number of imidazole rings is 1. The number of nitrogens with one attached hydrogen (secondary N) is 1. The quantitative estimate of drug-likeness (QED) is 0.481. The number of amides is 1. The van der Waals surface area contributed by atoms with Crippen LogP contribution in [0.2, 0.25) is 0 Å². The lowest BCUT2D eigenvalue weighted by molar-refractivity contribution is -0.113. The summed E-state index contributed by atoms with van der Waals surface area (Å²) >= 11 is 0. The van der Waals surface area contributed by atoms with Gasteiger partial charge < -0.3 is 9.72 Å². The molecule has 152 valence electrons. The molecule has 0 spiro atoms. The molecule has 6 heteroatoms. The summed E-state index contributed by atoms with van der Waals surface area (Å²) in [6.45, 7) is 1.84. The van der Waals surface area contributed by atoms with E-state index in [1.165, 1.54) is 0 Å². The van der Waals surface area contributed by atoms with Gasteiger partial charge in [-0.2, -0.15) is 0 Å². The van der Waals surface area contributed by atoms with E-state index < -0.39 is 0 Å². The van der Waals surface area contributed by atoms with Crippen molar-refractivity contribution < 1.29 is 9.53 Å². The van der Waals surface area contributed by atoms with Crippen molar-refractivity contribution in [2.45, 2.75) is 6.92 Å². The third-order valence-electron chi connectivity index (χ3n) is 5.24. The number of nitrogens with zero attached hydrogens (tertiary/aromatic N) is 3. The fraction of sp³-hybridized carbons (Fsp3) is 0.0800. The summed E-state index contributed by atoms with van der Waals surface area (Å²) in [4.78, 5) is 27.5. The van der Waals surface area contributed by atoms with Gasteiger partial charge in [0.25, 0.3) is 5.91 Å². The van der Waals surface area contributed by atoms with Crippen molar-refractivity contribution >= 4 is 34.5 Å². The third kappa shape index (κ3) is 3.38. The number of methoxy groups -OCH3 is 1. The van der Waals surface area contributed by atoms with E-state index in [1.54, 1.807) is 18.1 Å². The molecule has 0 radical (unpaired) electrons. The Hall–Kier alpha value is -4.19. The second-order valence-corrected chi connectivity index (χ2v) is 7.22. The zero-order chi connectivity index (χ0) is 21.4. The predicted octanol–water partition coefficient (Wildman–Crippen LogP) is 5.04. The highest BCUT2D eigenvalue weighted by atomic mass is 16.5. The number of anilines is 1. The number of carbonyl (C=O) groups is 1. The van der Waals surface area contributed by atoms with Crippen LogP contribution in [-0.4, -0.2) is 28.8 Å². The van der Waals surface area contributed by atoms with Crippen LogP contribution in [0.4, 0.5) is 5.69 Å². The molecule has 0 bridgehead atoms. The third-order valence-corrected chi connectivity index (χ3v) is 5.24. The average Bonchev–Trinajstić information content (AvgIpc) is 3.35. The van der Waals surface area contributed by atoms with Gasteiger partial charge in [0.15, 0.2) is 0 Å². The zero-order valence-electron chi connectivity index (χ0n) is 17.2. The SMILES string of the molecule is COc1ccc(/C=C2\N=C(C)N(c3ccccc3-c3nc4ccccc4[nH]3)C2=O)cc1. The first-order valence-electron chi connectivity index (χ1n) is 9.94. The standard InChI is InChI=1S/C25H20N4O2/c1-16-26-22(15-17-11-13-18(31-2)14-12-17)25(30)29(16)23-10-6-3-7-19(23)24-27-20-8-4-5-9-21(20)28-24/h3-15H,1-2H3,(H,27,28)/b22-15-. The van der Waals surface area contributed by atoms with E-state index in [4.69, 9.17) is 9.72 Å². The van der Waals surface area contributed by atoms with Gasteiger partial charge in [0.2, 0.25) is 0 Å². The number of amidine groups is 1. The van der Waals surface area contributed by atoms with Crippen molar-refractivity contribution in [3.8, 4) is 17.1 Å². The molecular formula is C25H20N4O2. The summed E-state index contributed by atoms with van der Waals surface area (Å²) in [5.74, 6) is 1.93. The highest BCUT2D eigenvalue weighted by Gasteiger charge is 2.31. The molecule has 4 aromatic rings. The lowest BCUT2D eigenvalue weighted by Crippen LogP contribution is -2.30. The number of aliphatic imine (C=N–C) groups is 1. The number of aromatic nitrogens is 2. The number of carbonyl (C=O) groups excluding carboxylic acids is 1. The maximum Gasteiger partial charge on any atom is 0.282 e. The molecule has 1 aliphatic heterocycles. The molecule has 5 rings (SSSR count). The molecule has 2 heterocycles. The van der Waals surface area contributed by atoms with E-state index in [2.05, 4.69) is 9.98 Å². The van der Waals surface area contributed by atoms with Gasteiger partial charge in [-0.3, -0.25) is 9.69 Å². The van der Waals surface area contributed by atoms with Crippen LogP contribution in [0.5, 0.6) is 5.75 Å². The second kappa shape index (κ2) is 7.57. The van der Waals surface area contributed by atoms with E-state index >= 15 is 0 Å². The Morgan fingerprint density at radius 3 is 2.48 bits per heavy atom. The topological polar surface area (TPSA) is 70.6 Å². The van der Waals surface area contributed by atoms with E-state index in [1.807, 2.05) is 79.7 Å². The Balaban J connectivity index is 1.53. The first kappa shape index (κ1) is 18.8. The molecule has 3 aromatic carbocycles. The van der Waals surface area contributed by atoms with Crippen LogP contribution >= 0.6 is 0 Å². The number of hydrogen-bond acceptors (Lipinski definition) is 4. The zero-order valence-corrected chi connectivity index (χ0v) is 17.2. The Morgan fingerprint density at radius 2 is 1.71 bits per heavy atom. The molecule has 1 N–H and O–H groups in total. The Labute approximate surface area is 179 Å². The van der Waals surface area contributed by atoms with Crippen molar-refractivity contribution in [1.82, 2.24) is 9.97 Å². The first-order chi connectivity index (χ1) is 15.1. The first-order valence-corrected chi connectivity index (χ1v) is 9.94. The van der Waals surface area contributed by atoms with Gasteiger partial charge in [-0.1, -0.05) is 36.4 Å². The van der Waals surface area contributed by atoms with Crippen LogP contribution in [0.1, 0.15) is 12.5 Å². The molecule has 1 amide bonds. The highest BCUT2D eigenvalue weighted by Crippen LogP contribution is 2.34. The van der Waals surface area contributed by atoms with Crippen LogP contribution in [0.25, 0.3) is 28.5 Å². The van der Waals surface area contributed by atoms with Gasteiger partial charge in [-0.05, 0) is 55.0 Å². The van der Waals surface area contributed by atoms with Crippen molar-refractivity contribution in [1.29, 1.82) is 0 Å². The summed E-state index contributed by atoms with van der Waals surface area (Å²) in [6, 6.07) is 23.1. The molecular weight excluding hydrogens is 388 g/mol. The van der Waals surface area contributed by atoms with Gasteiger partial charge >= 0.3 is 0 Å². The minimum Gasteiger partial charge on any atom is -0.497 e. The minimum atomic E-state index is -0.170. The lowest BCUT2D eigenvalue weighted by atomic mass is 10.1. The van der Waals surface area contributed by atoms with Crippen molar-refractivity contribution in [2.24, 2.45) is 4.99 Å². The average molecular weight is 408 g/mol. The lowest BCUT2D eigenvalue weighted by Gasteiger charge is -2.19. The van der Waals surface area contributed by atoms with E-state index in [0.29, 0.717) is 17.4 Å². The molecule has 0 saturated heterocycles. The smallest absolute Gasteiger partial charge is 0.282 e. The maximum atomic E-state index is 13.3. The summed E-state index contributed by atoms with van der Waals surface area (Å²) in [5.41, 5.74) is 4.68. The fourth-order valence-electron chi connectivity index (χ4n) is 3.72. The van der Waals surface area contributed by atoms with Gasteiger partial charge in [0, 0.05) is 5.56 Å². The van der Waals surface area contributed by atoms with E-state index in [0.717, 1.165) is 33.6 Å². The molecule has 6 nitrogen and oxygen atoms in total. The van der Waals surface area contributed by atoms with Crippen molar-refractivity contribution in [3.63, 3.8) is 0 Å². The number of fused-ring (bicyclic) bond motifs is 1. The number of benzene rings is 3. The summed E-state index contributed by atoms with van der Waals surface area (Å²) in [6.07, 6.45) is 1.79. The predicted molar refractivity (Wildman–Crippen MR) is 123 cm³/mol. The number of para-hydroxylation sites is 3. The fourth-order valence-corrected chi connectivity index (χ4v) is 3.72. The second-order valence-electron chi connectivity index (χ2n) is 7.22. The number of hydrogen-bond donors (Lipinski definition) is 1. The van der Waals surface area contributed by atoms with Gasteiger partial charge in [-0.15, -0.1) is 0 Å². The highest BCUT2D eigenvalue weighted by molar-refractivity contribution is 6.29. The number of ether oxygens (including phenoxy) is 1. The largest absolute Gasteiger partial charge is 0.497 e. The van der Waals surface area contributed by atoms with E-state index in [-0.39, 0.29) is 5.91 Å². The normalized spacial score (nSPS) is 15.0.